The molecule has 2 rings (SSSR count). The molecule has 0 spiro atoms. The van der Waals surface area contributed by atoms with Gasteiger partial charge in [-0.25, -0.2) is 0 Å². The molecule has 1 atom stereocenters. The third-order valence-electron chi connectivity index (χ3n) is 3.33. The summed E-state index contributed by atoms with van der Waals surface area (Å²) in [6, 6.07) is 0.438. The summed E-state index contributed by atoms with van der Waals surface area (Å²) in [5.74, 6) is 1.22. The fraction of sp³-hybridized carbons (Fsp3) is 0.833. The van der Waals surface area contributed by atoms with E-state index in [0.29, 0.717) is 30.9 Å². The zero-order valence-electron chi connectivity index (χ0n) is 10.8. The highest BCUT2D eigenvalue weighted by Crippen LogP contribution is 2.21. The van der Waals surface area contributed by atoms with Crippen LogP contribution in [0, 0.1) is 0 Å². The Hall–Kier alpha value is -0.980. The van der Waals surface area contributed by atoms with Gasteiger partial charge in [-0.3, -0.25) is 4.90 Å². The van der Waals surface area contributed by atoms with Crippen LogP contribution in [0.15, 0.2) is 4.52 Å². The molecule has 1 aliphatic rings. The molecular formula is C12H21N3O3. The number of nitrogens with zero attached hydrogens (tertiary/aromatic N) is 3. The molecule has 1 aliphatic heterocycles. The molecule has 1 aromatic heterocycles. The number of hydrogen-bond acceptors (Lipinski definition) is 6. The molecule has 6 heteroatoms. The quantitative estimate of drug-likeness (QED) is 0.816. The third-order valence-corrected chi connectivity index (χ3v) is 3.33. The first kappa shape index (κ1) is 13.5. The van der Waals surface area contributed by atoms with E-state index in [0.717, 1.165) is 19.4 Å². The maximum atomic E-state index is 9.08. The number of aliphatic hydroxyl groups excluding tert-OH is 1. The van der Waals surface area contributed by atoms with E-state index in [1.54, 1.807) is 7.11 Å². The van der Waals surface area contributed by atoms with Gasteiger partial charge in [0.2, 0.25) is 0 Å². The van der Waals surface area contributed by atoms with E-state index in [9.17, 15) is 0 Å². The summed E-state index contributed by atoms with van der Waals surface area (Å²) >= 11 is 0. The van der Waals surface area contributed by atoms with E-state index in [4.69, 9.17) is 14.4 Å². The highest BCUT2D eigenvalue weighted by molar-refractivity contribution is 4.88. The van der Waals surface area contributed by atoms with Crippen molar-refractivity contribution in [3.05, 3.63) is 11.7 Å². The molecule has 102 valence electrons. The van der Waals surface area contributed by atoms with E-state index in [1.165, 1.54) is 12.8 Å². The fourth-order valence-corrected chi connectivity index (χ4v) is 2.46. The Bertz CT molecular complexity index is 354. The van der Waals surface area contributed by atoms with Crippen LogP contribution in [0.5, 0.6) is 0 Å². The second kappa shape index (κ2) is 6.82. The Morgan fingerprint density at radius 2 is 2.39 bits per heavy atom. The lowest BCUT2D eigenvalue weighted by atomic mass is 10.00. The molecule has 1 aromatic rings. The number of hydrogen-bond donors (Lipinski definition) is 1. The molecule has 1 unspecified atom stereocenters. The van der Waals surface area contributed by atoms with Gasteiger partial charge in [0.05, 0.1) is 6.54 Å². The predicted octanol–water partition coefficient (Wildman–Crippen LogP) is 0.953. The van der Waals surface area contributed by atoms with Crippen LogP contribution in [0.2, 0.25) is 0 Å². The van der Waals surface area contributed by atoms with Crippen LogP contribution in [-0.2, 0) is 17.9 Å². The normalized spacial score (nSPS) is 21.3. The van der Waals surface area contributed by atoms with Crippen LogP contribution >= 0.6 is 0 Å². The largest absolute Gasteiger partial charge is 0.396 e. The van der Waals surface area contributed by atoms with Crippen molar-refractivity contribution in [3.63, 3.8) is 0 Å². The molecule has 0 aliphatic carbocycles. The number of likely N-dealkylation sites (tertiary alicyclic amines) is 1. The molecule has 1 fully saturated rings. The maximum absolute atomic E-state index is 9.08. The molecule has 0 saturated carbocycles. The Balaban J connectivity index is 1.92. The smallest absolute Gasteiger partial charge is 0.252 e. The topological polar surface area (TPSA) is 71.6 Å². The summed E-state index contributed by atoms with van der Waals surface area (Å²) in [5, 5.41) is 13.0. The van der Waals surface area contributed by atoms with Crippen molar-refractivity contribution in [3.8, 4) is 0 Å². The van der Waals surface area contributed by atoms with Crippen LogP contribution in [-0.4, -0.2) is 46.5 Å². The first-order valence-electron chi connectivity index (χ1n) is 6.48. The minimum absolute atomic E-state index is 0.238. The summed E-state index contributed by atoms with van der Waals surface area (Å²) in [6.45, 7) is 2.33. The van der Waals surface area contributed by atoms with Gasteiger partial charge >= 0.3 is 0 Å². The van der Waals surface area contributed by atoms with Crippen molar-refractivity contribution in [1.82, 2.24) is 15.0 Å². The average Bonchev–Trinajstić information content (AvgIpc) is 2.80. The number of aromatic nitrogens is 2. The van der Waals surface area contributed by atoms with Crippen molar-refractivity contribution in [2.75, 3.05) is 20.3 Å². The van der Waals surface area contributed by atoms with Crippen LogP contribution in [0.4, 0.5) is 0 Å². The van der Waals surface area contributed by atoms with E-state index in [-0.39, 0.29) is 6.61 Å². The lowest BCUT2D eigenvalue weighted by Gasteiger charge is -2.34. The van der Waals surface area contributed by atoms with Crippen LogP contribution < -0.4 is 0 Å². The van der Waals surface area contributed by atoms with Crippen molar-refractivity contribution in [2.24, 2.45) is 0 Å². The van der Waals surface area contributed by atoms with Gasteiger partial charge < -0.3 is 14.4 Å². The van der Waals surface area contributed by atoms with Gasteiger partial charge in [-0.1, -0.05) is 11.6 Å². The Kier molecular flexibility index (Phi) is 5.10. The predicted molar refractivity (Wildman–Crippen MR) is 64.8 cm³/mol. The van der Waals surface area contributed by atoms with E-state index < -0.39 is 0 Å². The van der Waals surface area contributed by atoms with Crippen LogP contribution in [0.3, 0.4) is 0 Å². The highest BCUT2D eigenvalue weighted by Gasteiger charge is 2.23. The molecule has 2 heterocycles. The number of piperidine rings is 1. The summed E-state index contributed by atoms with van der Waals surface area (Å²) in [5.41, 5.74) is 0. The molecule has 0 amide bonds. The number of ether oxygens (including phenoxy) is 1. The fourth-order valence-electron chi connectivity index (χ4n) is 2.46. The van der Waals surface area contributed by atoms with Gasteiger partial charge in [0, 0.05) is 19.8 Å². The Morgan fingerprint density at radius 3 is 3.17 bits per heavy atom. The Morgan fingerprint density at radius 1 is 1.50 bits per heavy atom. The first-order valence-corrected chi connectivity index (χ1v) is 6.48. The highest BCUT2D eigenvalue weighted by atomic mass is 16.5. The van der Waals surface area contributed by atoms with Gasteiger partial charge in [-0.15, -0.1) is 0 Å². The molecule has 1 N–H and O–H groups in total. The molecule has 0 aromatic carbocycles. The first-order chi connectivity index (χ1) is 8.83. The van der Waals surface area contributed by atoms with Crippen molar-refractivity contribution >= 4 is 0 Å². The van der Waals surface area contributed by atoms with Gasteiger partial charge in [0.25, 0.3) is 5.89 Å². The number of aliphatic hydroxyl groups is 1. The van der Waals surface area contributed by atoms with E-state index >= 15 is 0 Å². The molecular weight excluding hydrogens is 234 g/mol. The lowest BCUT2D eigenvalue weighted by Crippen LogP contribution is -2.39. The van der Waals surface area contributed by atoms with Crippen molar-refractivity contribution < 1.29 is 14.4 Å². The van der Waals surface area contributed by atoms with Gasteiger partial charge in [0.1, 0.15) is 6.61 Å². The standard InChI is InChI=1S/C12H21N3O3/c1-17-9-12-13-11(14-18-12)8-15-6-3-2-4-10(15)5-7-16/h10,16H,2-9H2,1H3. The van der Waals surface area contributed by atoms with Gasteiger partial charge in [-0.2, -0.15) is 4.98 Å². The summed E-state index contributed by atoms with van der Waals surface area (Å²) in [6.07, 6.45) is 4.40. The molecule has 0 radical (unpaired) electrons. The van der Waals surface area contributed by atoms with Gasteiger partial charge in [-0.05, 0) is 25.8 Å². The van der Waals surface area contributed by atoms with Crippen LogP contribution in [0.25, 0.3) is 0 Å². The third kappa shape index (κ3) is 3.51. The Labute approximate surface area is 107 Å². The minimum atomic E-state index is 0.238. The lowest BCUT2D eigenvalue weighted by molar-refractivity contribution is 0.109. The van der Waals surface area contributed by atoms with Crippen LogP contribution in [0.1, 0.15) is 37.4 Å². The summed E-state index contributed by atoms with van der Waals surface area (Å²) in [7, 11) is 1.60. The average molecular weight is 255 g/mol. The number of rotatable bonds is 6. The second-order valence-corrected chi connectivity index (χ2v) is 4.67. The monoisotopic (exact) mass is 255 g/mol. The van der Waals surface area contributed by atoms with E-state index in [2.05, 4.69) is 15.0 Å². The summed E-state index contributed by atoms with van der Waals surface area (Å²) < 4.78 is 10.0. The molecule has 0 bridgehead atoms. The minimum Gasteiger partial charge on any atom is -0.396 e. The maximum Gasteiger partial charge on any atom is 0.252 e. The molecule has 6 nitrogen and oxygen atoms in total. The zero-order chi connectivity index (χ0) is 12.8. The van der Waals surface area contributed by atoms with E-state index in [1.807, 2.05) is 0 Å². The van der Waals surface area contributed by atoms with Crippen molar-refractivity contribution in [1.29, 1.82) is 0 Å². The SMILES string of the molecule is COCc1nc(CN2CCCCC2CCO)no1. The summed E-state index contributed by atoms with van der Waals surface area (Å²) in [4.78, 5) is 6.62. The van der Waals surface area contributed by atoms with Crippen molar-refractivity contribution in [2.45, 2.75) is 44.9 Å². The molecule has 1 saturated heterocycles. The second-order valence-electron chi connectivity index (χ2n) is 4.67. The number of methoxy groups -OCH3 is 1. The molecule has 18 heavy (non-hydrogen) atoms. The van der Waals surface area contributed by atoms with Gasteiger partial charge in [0.15, 0.2) is 5.82 Å². The zero-order valence-corrected chi connectivity index (χ0v) is 10.8.